The van der Waals surface area contributed by atoms with Gasteiger partial charge in [0.1, 0.15) is 5.82 Å². The van der Waals surface area contributed by atoms with E-state index in [0.29, 0.717) is 17.8 Å². The molecule has 4 rings (SSSR count). The van der Waals surface area contributed by atoms with Crippen molar-refractivity contribution in [1.82, 2.24) is 10.3 Å². The number of pyridine rings is 1. The first-order valence-corrected chi connectivity index (χ1v) is 13.4. The van der Waals surface area contributed by atoms with Crippen LogP contribution in [0.2, 0.25) is 0 Å². The second kappa shape index (κ2) is 11.7. The predicted octanol–water partition coefficient (Wildman–Crippen LogP) is 4.80. The molecule has 1 amide bonds. The van der Waals surface area contributed by atoms with E-state index in [-0.39, 0.29) is 5.91 Å². The molecule has 8 heteroatoms. The van der Waals surface area contributed by atoms with Crippen LogP contribution in [0.1, 0.15) is 47.2 Å². The normalized spacial score (nSPS) is 14.5. The summed E-state index contributed by atoms with van der Waals surface area (Å²) < 4.78 is 27.1. The number of carbonyl (C=O) groups is 1. The summed E-state index contributed by atoms with van der Waals surface area (Å²) in [6, 6.07) is 19.5. The van der Waals surface area contributed by atoms with Crippen LogP contribution in [0.3, 0.4) is 0 Å². The lowest BCUT2D eigenvalue weighted by molar-refractivity contribution is 0.0951. The van der Waals surface area contributed by atoms with E-state index in [4.69, 9.17) is 0 Å². The van der Waals surface area contributed by atoms with E-state index in [1.54, 1.807) is 30.5 Å². The summed E-state index contributed by atoms with van der Waals surface area (Å²) >= 11 is 0. The molecular formula is C27H30N4O3S. The third kappa shape index (κ3) is 7.42. The number of anilines is 2. The van der Waals surface area contributed by atoms with Crippen LogP contribution in [0.5, 0.6) is 0 Å². The van der Waals surface area contributed by atoms with Gasteiger partial charge in [0.15, 0.2) is 0 Å². The van der Waals surface area contributed by atoms with Crippen LogP contribution in [0, 0.1) is 0 Å². The second-order valence-corrected chi connectivity index (χ2v) is 10.1. The van der Waals surface area contributed by atoms with Crippen molar-refractivity contribution in [1.29, 1.82) is 0 Å². The van der Waals surface area contributed by atoms with E-state index in [0.717, 1.165) is 35.4 Å². The molecule has 0 unspecified atom stereocenters. The molecule has 35 heavy (non-hydrogen) atoms. The van der Waals surface area contributed by atoms with Gasteiger partial charge < -0.3 is 10.2 Å². The van der Waals surface area contributed by atoms with Crippen LogP contribution < -0.4 is 14.9 Å². The molecule has 0 spiro atoms. The predicted molar refractivity (Wildman–Crippen MR) is 141 cm³/mol. The van der Waals surface area contributed by atoms with Crippen molar-refractivity contribution in [2.24, 2.45) is 0 Å². The van der Waals surface area contributed by atoms with Gasteiger partial charge in [0.25, 0.3) is 15.9 Å². The quantitative estimate of drug-likeness (QED) is 0.473. The van der Waals surface area contributed by atoms with Crippen molar-refractivity contribution in [3.63, 3.8) is 0 Å². The third-order valence-electron chi connectivity index (χ3n) is 5.84. The molecule has 7 nitrogen and oxygen atoms in total. The Labute approximate surface area is 207 Å². The average Bonchev–Trinajstić information content (AvgIpc) is 3.17. The van der Waals surface area contributed by atoms with Gasteiger partial charge in [0.2, 0.25) is 0 Å². The monoisotopic (exact) mass is 490 g/mol. The zero-order chi connectivity index (χ0) is 24.5. The smallest absolute Gasteiger partial charge is 0.255 e. The Morgan fingerprint density at radius 2 is 1.63 bits per heavy atom. The summed E-state index contributed by atoms with van der Waals surface area (Å²) in [7, 11) is -3.67. The summed E-state index contributed by atoms with van der Waals surface area (Å²) in [5, 5.41) is 4.01. The summed E-state index contributed by atoms with van der Waals surface area (Å²) in [5.74, 6) is 0.749. The van der Waals surface area contributed by atoms with Gasteiger partial charge in [-0.2, -0.15) is 0 Å². The number of aromatic nitrogens is 1. The molecule has 0 bridgehead atoms. The Morgan fingerprint density at radius 3 is 2.29 bits per heavy atom. The first-order valence-electron chi connectivity index (χ1n) is 11.8. The van der Waals surface area contributed by atoms with Crippen LogP contribution in [0.15, 0.2) is 78.3 Å². The first kappa shape index (κ1) is 24.5. The number of hydrogen-bond donors (Lipinski definition) is 2. The summed E-state index contributed by atoms with van der Waals surface area (Å²) in [4.78, 5) is 19.4. The number of nitrogens with one attached hydrogen (secondary N) is 2. The molecule has 1 saturated heterocycles. The van der Waals surface area contributed by atoms with Crippen molar-refractivity contribution in [3.8, 4) is 0 Å². The molecule has 0 radical (unpaired) electrons. The number of amides is 1. The molecule has 0 aliphatic carbocycles. The van der Waals surface area contributed by atoms with Gasteiger partial charge in [0, 0.05) is 37.1 Å². The molecule has 1 aliphatic rings. The third-order valence-corrected chi connectivity index (χ3v) is 6.85. The van der Waals surface area contributed by atoms with Crippen molar-refractivity contribution in [3.05, 3.63) is 95.0 Å². The first-order chi connectivity index (χ1) is 17.0. The van der Waals surface area contributed by atoms with Gasteiger partial charge in [-0.25, -0.2) is 13.4 Å². The maximum Gasteiger partial charge on any atom is 0.255 e. The van der Waals surface area contributed by atoms with Gasteiger partial charge in [-0.05, 0) is 60.4 Å². The molecular weight excluding hydrogens is 460 g/mol. The zero-order valence-electron chi connectivity index (χ0n) is 19.6. The number of nitrogens with zero attached hydrogens (tertiary/aromatic N) is 2. The lowest BCUT2D eigenvalue weighted by Crippen LogP contribution is -2.25. The number of carbonyl (C=O) groups excluding carboxylic acids is 1. The summed E-state index contributed by atoms with van der Waals surface area (Å²) in [6.45, 7) is 2.45. The fourth-order valence-corrected chi connectivity index (χ4v) is 4.78. The van der Waals surface area contributed by atoms with E-state index in [1.165, 1.54) is 31.8 Å². The number of benzene rings is 2. The Hall–Kier alpha value is -3.65. The number of hydrogen-bond acceptors (Lipinski definition) is 5. The molecule has 3 aromatic rings. The van der Waals surface area contributed by atoms with E-state index < -0.39 is 10.0 Å². The molecule has 2 N–H and O–H groups in total. The minimum absolute atomic E-state index is 0.236. The second-order valence-electron chi connectivity index (χ2n) is 8.55. The Bertz CT molecular complexity index is 1230. The zero-order valence-corrected chi connectivity index (χ0v) is 20.4. The maximum atomic E-state index is 12.5. The molecule has 1 aromatic heterocycles. The highest BCUT2D eigenvalue weighted by Crippen LogP contribution is 2.18. The minimum Gasteiger partial charge on any atom is -0.357 e. The molecule has 182 valence electrons. The molecule has 2 heterocycles. The van der Waals surface area contributed by atoms with E-state index in [2.05, 4.69) is 19.9 Å². The summed E-state index contributed by atoms with van der Waals surface area (Å²) in [6.07, 6.45) is 8.28. The summed E-state index contributed by atoms with van der Waals surface area (Å²) in [5.41, 5.74) is 2.54. The lowest BCUT2D eigenvalue weighted by Gasteiger charge is -2.21. The molecule has 2 aromatic carbocycles. The molecule has 0 saturated carbocycles. The van der Waals surface area contributed by atoms with Gasteiger partial charge in [-0.3, -0.25) is 9.52 Å². The van der Waals surface area contributed by atoms with Crippen LogP contribution in [0.25, 0.3) is 6.08 Å². The molecule has 1 aliphatic heterocycles. The van der Waals surface area contributed by atoms with Gasteiger partial charge in [-0.1, -0.05) is 49.2 Å². The Balaban J connectivity index is 1.29. The van der Waals surface area contributed by atoms with Crippen molar-refractivity contribution < 1.29 is 13.2 Å². The van der Waals surface area contributed by atoms with E-state index in [1.807, 2.05) is 42.5 Å². The largest absolute Gasteiger partial charge is 0.357 e. The van der Waals surface area contributed by atoms with Crippen molar-refractivity contribution in [2.45, 2.75) is 32.2 Å². The van der Waals surface area contributed by atoms with Crippen LogP contribution in [-0.4, -0.2) is 32.4 Å². The molecule has 1 fully saturated rings. The highest BCUT2D eigenvalue weighted by Gasteiger charge is 2.12. The number of rotatable bonds is 8. The lowest BCUT2D eigenvalue weighted by atomic mass is 10.2. The van der Waals surface area contributed by atoms with Crippen LogP contribution in [-0.2, 0) is 16.6 Å². The Kier molecular flexibility index (Phi) is 8.15. The van der Waals surface area contributed by atoms with Gasteiger partial charge in [-0.15, -0.1) is 0 Å². The fraction of sp³-hybridized carbons (Fsp3) is 0.259. The highest BCUT2D eigenvalue weighted by molar-refractivity contribution is 7.95. The molecule has 0 atom stereocenters. The topological polar surface area (TPSA) is 91.4 Å². The SMILES string of the molecule is O=C(NCc1ccc(N2CCCCCC2)nc1)c1ccc(NS(=O)(=O)/C=C/c2ccccc2)cc1. The van der Waals surface area contributed by atoms with Crippen molar-refractivity contribution >= 4 is 33.5 Å². The Morgan fingerprint density at radius 1 is 0.914 bits per heavy atom. The number of sulfonamides is 1. The van der Waals surface area contributed by atoms with Gasteiger partial charge in [0.05, 0.1) is 5.41 Å². The minimum atomic E-state index is -3.67. The van der Waals surface area contributed by atoms with Crippen LogP contribution in [0.4, 0.5) is 11.5 Å². The van der Waals surface area contributed by atoms with Crippen molar-refractivity contribution in [2.75, 3.05) is 22.7 Å². The van der Waals surface area contributed by atoms with E-state index >= 15 is 0 Å². The van der Waals surface area contributed by atoms with E-state index in [9.17, 15) is 13.2 Å². The maximum absolute atomic E-state index is 12.5. The van der Waals surface area contributed by atoms with Crippen LogP contribution >= 0.6 is 0 Å². The highest BCUT2D eigenvalue weighted by atomic mass is 32.2. The fourth-order valence-electron chi connectivity index (χ4n) is 3.91. The standard InChI is InChI=1S/C27H30N4O3S/c32-27(29-21-23-10-15-26(28-20-23)31-17-6-1-2-7-18-31)24-11-13-25(14-12-24)30-35(33,34)19-16-22-8-4-3-5-9-22/h3-5,8-16,19-20,30H,1-2,6-7,17-18,21H2,(H,29,32)/b19-16+. The van der Waals surface area contributed by atoms with Gasteiger partial charge >= 0.3 is 0 Å². The average molecular weight is 491 g/mol.